The van der Waals surface area contributed by atoms with E-state index in [1.165, 1.54) is 0 Å². The number of carbonyl (C=O) groups excluding carboxylic acids is 5. The number of amides is 4. The molecular formula is C39H46Cl2N6O9. The molecule has 1 heterocycles. The van der Waals surface area contributed by atoms with E-state index in [0.29, 0.717) is 30.0 Å². The minimum absolute atomic E-state index is 0.107. The van der Waals surface area contributed by atoms with Crippen LogP contribution in [-0.2, 0) is 28.6 Å². The molecule has 56 heavy (non-hydrogen) atoms. The van der Waals surface area contributed by atoms with Crippen molar-refractivity contribution in [2.75, 3.05) is 32.1 Å². The summed E-state index contributed by atoms with van der Waals surface area (Å²) in [6.45, 7) is 9.92. The summed E-state index contributed by atoms with van der Waals surface area (Å²) >= 11 is 13.0. The van der Waals surface area contributed by atoms with Crippen molar-refractivity contribution in [3.05, 3.63) is 76.3 Å². The Bertz CT molecular complexity index is 1910. The SMILES string of the molecule is COC(=O)[C@@H](CNC(=O)CNC1CCOc2ccc(N=C(NC(=O)OC(C)(C)C)NC(=O)OC(C)(C)C)cc21)C(=O)Nc1c(Cl)cc(-c2ccccc2)cc1Cl. The lowest BCUT2D eigenvalue weighted by Gasteiger charge is -2.27. The Kier molecular flexibility index (Phi) is 14.7. The van der Waals surface area contributed by atoms with Crippen molar-refractivity contribution in [2.45, 2.75) is 65.2 Å². The van der Waals surface area contributed by atoms with Crippen molar-refractivity contribution in [3.8, 4) is 16.9 Å². The summed E-state index contributed by atoms with van der Waals surface area (Å²) < 4.78 is 21.3. The minimum Gasteiger partial charge on any atom is -0.493 e. The Hall–Kier alpha value is -5.38. The number of anilines is 1. The van der Waals surface area contributed by atoms with Crippen LogP contribution in [0.4, 0.5) is 21.0 Å². The van der Waals surface area contributed by atoms with E-state index in [1.54, 1.807) is 71.9 Å². The second-order valence-electron chi connectivity index (χ2n) is 14.6. The zero-order chi connectivity index (χ0) is 41.2. The highest BCUT2D eigenvalue weighted by molar-refractivity contribution is 6.40. The van der Waals surface area contributed by atoms with Gasteiger partial charge in [-0.3, -0.25) is 25.0 Å². The number of ether oxygens (including phenoxy) is 4. The fourth-order valence-electron chi connectivity index (χ4n) is 5.30. The lowest BCUT2D eigenvalue weighted by Crippen LogP contribution is -2.47. The number of benzene rings is 3. The molecule has 0 fully saturated rings. The molecule has 0 aliphatic carbocycles. The number of methoxy groups -OCH3 is 1. The third kappa shape index (κ3) is 13.1. The maximum absolute atomic E-state index is 13.3. The number of hydrogen-bond acceptors (Lipinski definition) is 11. The second-order valence-corrected chi connectivity index (χ2v) is 15.4. The van der Waals surface area contributed by atoms with E-state index in [4.69, 9.17) is 42.1 Å². The maximum atomic E-state index is 13.3. The summed E-state index contributed by atoms with van der Waals surface area (Å²) in [6.07, 6.45) is -1.22. The number of esters is 1. The predicted molar refractivity (Wildman–Crippen MR) is 212 cm³/mol. The van der Waals surface area contributed by atoms with Crippen LogP contribution in [-0.4, -0.2) is 73.9 Å². The third-order valence-electron chi connectivity index (χ3n) is 7.72. The Balaban J connectivity index is 1.43. The van der Waals surface area contributed by atoms with Gasteiger partial charge in [0.15, 0.2) is 5.92 Å². The van der Waals surface area contributed by atoms with Crippen molar-refractivity contribution in [1.82, 2.24) is 21.3 Å². The number of aliphatic imine (C=N–C) groups is 1. The van der Waals surface area contributed by atoms with Crippen LogP contribution in [0.25, 0.3) is 11.1 Å². The molecule has 5 N–H and O–H groups in total. The highest BCUT2D eigenvalue weighted by Gasteiger charge is 2.30. The van der Waals surface area contributed by atoms with Gasteiger partial charge in [-0.1, -0.05) is 53.5 Å². The van der Waals surface area contributed by atoms with Crippen LogP contribution in [0.1, 0.15) is 59.6 Å². The molecule has 3 aromatic rings. The van der Waals surface area contributed by atoms with Crippen molar-refractivity contribution in [2.24, 2.45) is 10.9 Å². The molecule has 0 spiro atoms. The quantitative estimate of drug-likeness (QED) is 0.0486. The number of carbonyl (C=O) groups is 5. The van der Waals surface area contributed by atoms with E-state index in [0.717, 1.165) is 18.2 Å². The minimum atomic E-state index is -1.42. The third-order valence-corrected chi connectivity index (χ3v) is 8.32. The standard InChI is InChI=1S/C39H46Cl2N6O9/c1-38(2,3)55-36(51)46-35(47-37(52)56-39(4,5)6)44-24-13-14-30-25(19-24)29(15-16-54-30)42-21-31(48)43-20-26(34(50)53-7)33(49)45-32-27(40)17-23(18-28(32)41)22-11-9-8-10-12-22/h8-14,17-19,26,29,42H,15-16,20-21H2,1-7H3,(H,43,48)(H,45,49)(H2,44,46,47,51,52)/t26-,29?/m0/s1. The van der Waals surface area contributed by atoms with E-state index in [2.05, 4.69) is 31.6 Å². The molecule has 300 valence electrons. The molecule has 0 aromatic heterocycles. The summed E-state index contributed by atoms with van der Waals surface area (Å²) in [5.41, 5.74) is 1.04. The second kappa shape index (κ2) is 19.0. The molecule has 0 bridgehead atoms. The molecular weight excluding hydrogens is 767 g/mol. The van der Waals surface area contributed by atoms with Gasteiger partial charge in [-0.25, -0.2) is 14.6 Å². The van der Waals surface area contributed by atoms with Gasteiger partial charge in [-0.2, -0.15) is 0 Å². The molecule has 4 amide bonds. The number of alkyl carbamates (subject to hydrolysis) is 2. The first kappa shape index (κ1) is 43.3. The summed E-state index contributed by atoms with van der Waals surface area (Å²) in [7, 11) is 1.13. The van der Waals surface area contributed by atoms with Gasteiger partial charge < -0.3 is 34.9 Å². The zero-order valence-corrected chi connectivity index (χ0v) is 33.6. The predicted octanol–water partition coefficient (Wildman–Crippen LogP) is 6.65. The van der Waals surface area contributed by atoms with Crippen molar-refractivity contribution >= 4 is 70.5 Å². The normalized spacial score (nSPS) is 14.1. The average molecular weight is 814 g/mol. The zero-order valence-electron chi connectivity index (χ0n) is 32.1. The van der Waals surface area contributed by atoms with E-state index < -0.39 is 47.1 Å². The molecule has 1 unspecified atom stereocenters. The first-order chi connectivity index (χ1) is 26.3. The van der Waals surface area contributed by atoms with Crippen LogP contribution in [0.3, 0.4) is 0 Å². The molecule has 0 radical (unpaired) electrons. The lowest BCUT2D eigenvalue weighted by atomic mass is 10.00. The van der Waals surface area contributed by atoms with Crippen LogP contribution in [0.15, 0.2) is 65.7 Å². The Morgan fingerprint density at radius 1 is 0.857 bits per heavy atom. The summed E-state index contributed by atoms with van der Waals surface area (Å²) in [5, 5.41) is 13.6. The number of rotatable bonds is 10. The van der Waals surface area contributed by atoms with Gasteiger partial charge in [0.05, 0.1) is 41.7 Å². The summed E-state index contributed by atoms with van der Waals surface area (Å²) in [5.74, 6) is -3.31. The first-order valence-electron chi connectivity index (χ1n) is 17.6. The molecule has 3 aromatic carbocycles. The maximum Gasteiger partial charge on any atom is 0.414 e. The van der Waals surface area contributed by atoms with Gasteiger partial charge in [0.2, 0.25) is 17.8 Å². The number of nitrogens with zero attached hydrogens (tertiary/aromatic N) is 1. The van der Waals surface area contributed by atoms with E-state index in [-0.39, 0.29) is 40.8 Å². The fourth-order valence-corrected chi connectivity index (χ4v) is 5.88. The van der Waals surface area contributed by atoms with Gasteiger partial charge in [0.1, 0.15) is 17.0 Å². The molecule has 0 saturated carbocycles. The average Bonchev–Trinajstić information content (AvgIpc) is 3.10. The number of hydrogen-bond donors (Lipinski definition) is 5. The van der Waals surface area contributed by atoms with Crippen LogP contribution in [0.2, 0.25) is 10.0 Å². The molecule has 15 nitrogen and oxygen atoms in total. The van der Waals surface area contributed by atoms with Gasteiger partial charge >= 0.3 is 18.2 Å². The Morgan fingerprint density at radius 3 is 2.04 bits per heavy atom. The van der Waals surface area contributed by atoms with Gasteiger partial charge in [0, 0.05) is 24.6 Å². The molecule has 4 rings (SSSR count). The number of guanidine groups is 1. The number of fused-ring (bicyclic) bond motifs is 1. The molecule has 0 saturated heterocycles. The molecule has 1 aliphatic heterocycles. The van der Waals surface area contributed by atoms with E-state index in [1.807, 2.05) is 30.3 Å². The largest absolute Gasteiger partial charge is 0.493 e. The van der Waals surface area contributed by atoms with Gasteiger partial charge in [-0.15, -0.1) is 0 Å². The molecule has 2 atom stereocenters. The van der Waals surface area contributed by atoms with Crippen molar-refractivity contribution < 1.29 is 42.9 Å². The van der Waals surface area contributed by atoms with Gasteiger partial charge in [0.25, 0.3) is 0 Å². The fraction of sp³-hybridized carbons (Fsp3) is 0.385. The monoisotopic (exact) mass is 812 g/mol. The van der Waals surface area contributed by atoms with Crippen LogP contribution in [0, 0.1) is 5.92 Å². The Morgan fingerprint density at radius 2 is 1.46 bits per heavy atom. The Labute approximate surface area is 335 Å². The topological polar surface area (TPSA) is 195 Å². The lowest BCUT2D eigenvalue weighted by molar-refractivity contribution is -0.148. The summed E-state index contributed by atoms with van der Waals surface area (Å²) in [6, 6.07) is 17.3. The smallest absolute Gasteiger partial charge is 0.414 e. The van der Waals surface area contributed by atoms with Crippen molar-refractivity contribution in [3.63, 3.8) is 0 Å². The van der Waals surface area contributed by atoms with E-state index >= 15 is 0 Å². The van der Waals surface area contributed by atoms with Crippen LogP contribution < -0.4 is 31.3 Å². The highest BCUT2D eigenvalue weighted by Crippen LogP contribution is 2.37. The highest BCUT2D eigenvalue weighted by atomic mass is 35.5. The molecule has 17 heteroatoms. The van der Waals surface area contributed by atoms with Crippen LogP contribution >= 0.6 is 23.2 Å². The van der Waals surface area contributed by atoms with Gasteiger partial charge in [-0.05, 0) is 83.0 Å². The van der Waals surface area contributed by atoms with E-state index in [9.17, 15) is 24.0 Å². The van der Waals surface area contributed by atoms with Crippen LogP contribution in [0.5, 0.6) is 5.75 Å². The summed E-state index contributed by atoms with van der Waals surface area (Å²) in [4.78, 5) is 68.6. The number of nitrogens with one attached hydrogen (secondary N) is 5. The van der Waals surface area contributed by atoms with Crippen molar-refractivity contribution in [1.29, 1.82) is 0 Å². The molecule has 1 aliphatic rings. The first-order valence-corrected chi connectivity index (χ1v) is 18.4. The number of halogens is 2.